The zero-order valence-corrected chi connectivity index (χ0v) is 26.6. The number of likely N-dealkylation sites (N-methyl/N-ethyl adjacent to an activating group) is 1. The van der Waals surface area contributed by atoms with E-state index in [9.17, 15) is 19.5 Å². The van der Waals surface area contributed by atoms with E-state index in [1.165, 1.54) is 11.3 Å². The lowest BCUT2D eigenvalue weighted by atomic mass is 9.99. The van der Waals surface area contributed by atoms with Crippen LogP contribution in [0.1, 0.15) is 34.0 Å². The van der Waals surface area contributed by atoms with Crippen molar-refractivity contribution in [2.24, 2.45) is 5.92 Å². The average Bonchev–Trinajstić information content (AvgIpc) is 3.51. The van der Waals surface area contributed by atoms with Gasteiger partial charge < -0.3 is 30.3 Å². The Morgan fingerprint density at radius 1 is 1.02 bits per heavy atom. The van der Waals surface area contributed by atoms with Crippen molar-refractivity contribution in [3.63, 3.8) is 0 Å². The van der Waals surface area contributed by atoms with Crippen LogP contribution in [0.15, 0.2) is 84.9 Å². The molecule has 0 radical (unpaired) electrons. The molecule has 5 aromatic rings. The molecule has 10 nitrogen and oxygen atoms in total. The van der Waals surface area contributed by atoms with Crippen LogP contribution in [-0.2, 0) is 0 Å². The highest BCUT2D eigenvalue weighted by molar-refractivity contribution is 7.20. The van der Waals surface area contributed by atoms with Gasteiger partial charge in [0.15, 0.2) is 10.8 Å². The summed E-state index contributed by atoms with van der Waals surface area (Å²) in [7, 11) is 1.69. The van der Waals surface area contributed by atoms with Gasteiger partial charge in [0.05, 0.1) is 46.3 Å². The minimum absolute atomic E-state index is 0.187. The Morgan fingerprint density at radius 3 is 2.54 bits per heavy atom. The fraction of sp³-hybridized carbons (Fsp3) is 0.257. The van der Waals surface area contributed by atoms with E-state index in [4.69, 9.17) is 4.74 Å². The highest BCUT2D eigenvalue weighted by Crippen LogP contribution is 2.36. The summed E-state index contributed by atoms with van der Waals surface area (Å²) in [5.41, 5.74) is 1.98. The lowest BCUT2D eigenvalue weighted by Crippen LogP contribution is -2.50. The third kappa shape index (κ3) is 6.24. The van der Waals surface area contributed by atoms with Crippen LogP contribution in [0.25, 0.3) is 21.0 Å². The molecule has 46 heavy (non-hydrogen) atoms. The van der Waals surface area contributed by atoms with Crippen LogP contribution >= 0.6 is 11.3 Å². The van der Waals surface area contributed by atoms with Crippen LogP contribution in [0.2, 0.25) is 0 Å². The zero-order valence-electron chi connectivity index (χ0n) is 25.8. The Kier molecular flexibility index (Phi) is 8.87. The Labute approximate surface area is 270 Å². The molecule has 0 unspecified atom stereocenters. The minimum atomic E-state index is -0.566. The second-order valence-electron chi connectivity index (χ2n) is 11.6. The van der Waals surface area contributed by atoms with Crippen molar-refractivity contribution < 1.29 is 24.2 Å². The van der Waals surface area contributed by atoms with Gasteiger partial charge in [-0.1, -0.05) is 61.5 Å². The lowest BCUT2D eigenvalue weighted by Gasteiger charge is -2.38. The van der Waals surface area contributed by atoms with Gasteiger partial charge in [0.25, 0.3) is 11.8 Å². The summed E-state index contributed by atoms with van der Waals surface area (Å²) in [5.74, 6) is -0.784. The number of para-hydroxylation sites is 2. The molecule has 6 rings (SSSR count). The van der Waals surface area contributed by atoms with Crippen LogP contribution in [0.5, 0.6) is 5.75 Å². The monoisotopic (exact) mass is 637 g/mol. The van der Waals surface area contributed by atoms with Crippen LogP contribution < -0.4 is 15.4 Å². The molecule has 3 atom stereocenters. The van der Waals surface area contributed by atoms with E-state index < -0.39 is 18.1 Å². The van der Waals surface area contributed by atoms with Crippen molar-refractivity contribution in [3.8, 4) is 5.75 Å². The SMILES string of the molecule is C[C@H]1CN([C@@H](C)CO)C(=O)c2cccc(NC(=O)c3nc4ccccc4s3)c2O[C@@H]1CN(C)C(=O)Nc1cccc2ccccc12. The Morgan fingerprint density at radius 2 is 1.74 bits per heavy atom. The van der Waals surface area contributed by atoms with Crippen molar-refractivity contribution in [1.82, 2.24) is 14.8 Å². The number of anilines is 2. The molecule has 0 saturated heterocycles. The molecule has 0 spiro atoms. The van der Waals surface area contributed by atoms with E-state index in [0.29, 0.717) is 17.9 Å². The van der Waals surface area contributed by atoms with E-state index in [1.54, 1.807) is 42.0 Å². The molecule has 3 N–H and O–H groups in total. The number of hydrogen-bond donors (Lipinski definition) is 3. The smallest absolute Gasteiger partial charge is 0.321 e. The standard InChI is InChI=1S/C35H35N5O5S/c1-21-18-40(22(2)20-41)34(43)25-13-9-16-28(36-32(42)33-37-27-14-6-7-17-30(27)46-33)31(25)45-29(21)19-39(3)35(44)38-26-15-8-11-23-10-4-5-12-24(23)26/h4-17,21-22,29,41H,18-20H2,1-3H3,(H,36,42)(H,38,44)/t21-,22-,29+/m0/s1. The topological polar surface area (TPSA) is 124 Å². The van der Waals surface area contributed by atoms with Gasteiger partial charge in [-0.05, 0) is 42.6 Å². The minimum Gasteiger partial charge on any atom is -0.485 e. The first-order valence-electron chi connectivity index (χ1n) is 15.1. The maximum Gasteiger partial charge on any atom is 0.321 e. The number of aliphatic hydroxyl groups excluding tert-OH is 1. The molecule has 0 bridgehead atoms. The molecule has 4 aromatic carbocycles. The second kappa shape index (κ2) is 13.2. The number of thiazole rings is 1. The third-order valence-corrected chi connectivity index (χ3v) is 9.29. The number of carbonyl (C=O) groups is 3. The Balaban J connectivity index is 1.29. The van der Waals surface area contributed by atoms with Crippen molar-refractivity contribution in [2.75, 3.05) is 37.4 Å². The number of hydrogen-bond acceptors (Lipinski definition) is 7. The number of benzene rings is 4. The summed E-state index contributed by atoms with van der Waals surface area (Å²) in [6, 6.07) is 25.3. The Bertz CT molecular complexity index is 1890. The molecule has 1 aliphatic heterocycles. The fourth-order valence-electron chi connectivity index (χ4n) is 5.60. The van der Waals surface area contributed by atoms with Gasteiger partial charge in [0.1, 0.15) is 6.10 Å². The van der Waals surface area contributed by atoms with Crippen LogP contribution in [0, 0.1) is 5.92 Å². The van der Waals surface area contributed by atoms with Gasteiger partial charge in [0, 0.05) is 24.9 Å². The highest BCUT2D eigenvalue weighted by Gasteiger charge is 2.35. The number of urea groups is 1. The van der Waals surface area contributed by atoms with Gasteiger partial charge in [-0.15, -0.1) is 11.3 Å². The molecule has 0 aliphatic carbocycles. The van der Waals surface area contributed by atoms with E-state index >= 15 is 0 Å². The number of rotatable bonds is 7. The average molecular weight is 638 g/mol. The van der Waals surface area contributed by atoms with Gasteiger partial charge >= 0.3 is 6.03 Å². The zero-order chi connectivity index (χ0) is 32.4. The van der Waals surface area contributed by atoms with Crippen molar-refractivity contribution in [1.29, 1.82) is 0 Å². The number of nitrogens with zero attached hydrogens (tertiary/aromatic N) is 3. The largest absolute Gasteiger partial charge is 0.485 e. The fourth-order valence-corrected chi connectivity index (χ4v) is 6.46. The second-order valence-corrected chi connectivity index (χ2v) is 12.6. The molecule has 0 saturated carbocycles. The predicted molar refractivity (Wildman–Crippen MR) is 181 cm³/mol. The van der Waals surface area contributed by atoms with Gasteiger partial charge in [-0.2, -0.15) is 0 Å². The highest BCUT2D eigenvalue weighted by atomic mass is 32.1. The summed E-state index contributed by atoms with van der Waals surface area (Å²) in [5, 5.41) is 18.2. The van der Waals surface area contributed by atoms with Crippen molar-refractivity contribution >= 4 is 61.5 Å². The molecular formula is C35H35N5O5S. The van der Waals surface area contributed by atoms with E-state index in [-0.39, 0.29) is 47.3 Å². The Hall–Kier alpha value is -5.00. The number of carbonyl (C=O) groups excluding carboxylic acids is 3. The summed E-state index contributed by atoms with van der Waals surface area (Å²) in [6.45, 7) is 3.99. The summed E-state index contributed by atoms with van der Waals surface area (Å²) in [4.78, 5) is 48.3. The number of aromatic nitrogens is 1. The van der Waals surface area contributed by atoms with Gasteiger partial charge in [0.2, 0.25) is 0 Å². The lowest BCUT2D eigenvalue weighted by molar-refractivity contribution is 0.0372. The molecular weight excluding hydrogens is 602 g/mol. The first-order chi connectivity index (χ1) is 22.2. The third-order valence-electron chi connectivity index (χ3n) is 8.26. The van der Waals surface area contributed by atoms with Crippen LogP contribution in [0.4, 0.5) is 16.2 Å². The maximum atomic E-state index is 13.8. The summed E-state index contributed by atoms with van der Waals surface area (Å²) < 4.78 is 7.47. The first kappa shape index (κ1) is 31.0. The predicted octanol–water partition coefficient (Wildman–Crippen LogP) is 6.09. The van der Waals surface area contributed by atoms with Crippen molar-refractivity contribution in [2.45, 2.75) is 26.0 Å². The van der Waals surface area contributed by atoms with E-state index in [2.05, 4.69) is 15.6 Å². The molecule has 1 aromatic heterocycles. The first-order valence-corrected chi connectivity index (χ1v) is 15.9. The van der Waals surface area contributed by atoms with Crippen molar-refractivity contribution in [3.05, 3.63) is 95.5 Å². The molecule has 4 amide bonds. The molecule has 1 aliphatic rings. The number of nitrogens with one attached hydrogen (secondary N) is 2. The number of fused-ring (bicyclic) bond motifs is 3. The van der Waals surface area contributed by atoms with Crippen LogP contribution in [0.3, 0.4) is 0 Å². The van der Waals surface area contributed by atoms with E-state index in [0.717, 1.165) is 21.0 Å². The summed E-state index contributed by atoms with van der Waals surface area (Å²) >= 11 is 1.27. The quantitative estimate of drug-likeness (QED) is 0.199. The molecule has 0 fully saturated rings. The normalized spacial score (nSPS) is 17.0. The molecule has 236 valence electrons. The van der Waals surface area contributed by atoms with E-state index in [1.807, 2.05) is 73.7 Å². The van der Waals surface area contributed by atoms with Gasteiger partial charge in [-0.25, -0.2) is 9.78 Å². The number of ether oxygens (including phenoxy) is 1. The maximum absolute atomic E-state index is 13.8. The van der Waals surface area contributed by atoms with Crippen LogP contribution in [-0.4, -0.2) is 76.6 Å². The summed E-state index contributed by atoms with van der Waals surface area (Å²) in [6.07, 6.45) is -0.566. The number of aliphatic hydroxyl groups is 1. The molecule has 11 heteroatoms. The number of amides is 4. The molecule has 2 heterocycles. The van der Waals surface area contributed by atoms with Gasteiger partial charge in [-0.3, -0.25) is 9.59 Å².